The predicted molar refractivity (Wildman–Crippen MR) is 112 cm³/mol. The van der Waals surface area contributed by atoms with Crippen molar-refractivity contribution in [3.63, 3.8) is 0 Å². The molecule has 0 amide bonds. The van der Waals surface area contributed by atoms with Crippen LogP contribution in [0, 0.1) is 5.82 Å². The Morgan fingerprint density at radius 3 is 2.54 bits per heavy atom. The van der Waals surface area contributed by atoms with E-state index in [2.05, 4.69) is 10.3 Å². The zero-order valence-corrected chi connectivity index (χ0v) is 16.9. The van der Waals surface area contributed by atoms with E-state index in [9.17, 15) is 4.39 Å². The van der Waals surface area contributed by atoms with E-state index in [1.54, 1.807) is 6.07 Å². The molecule has 28 heavy (non-hydrogen) atoms. The minimum atomic E-state index is -0.270. The van der Waals surface area contributed by atoms with Crippen LogP contribution in [0.1, 0.15) is 25.5 Å². The Kier molecular flexibility index (Phi) is 8.07. The monoisotopic (exact) mass is 388 g/mol. The van der Waals surface area contributed by atoms with Gasteiger partial charge in [-0.05, 0) is 57.8 Å². The van der Waals surface area contributed by atoms with E-state index in [1.165, 1.54) is 12.1 Å². The first-order valence-electron chi connectivity index (χ1n) is 9.33. The molecule has 1 unspecified atom stereocenters. The maximum Gasteiger partial charge on any atom is 0.193 e. The van der Waals surface area contributed by atoms with Gasteiger partial charge in [-0.25, -0.2) is 4.39 Å². The van der Waals surface area contributed by atoms with E-state index in [0.29, 0.717) is 36.9 Å². The molecule has 0 aromatic heterocycles. The molecule has 6 nitrogen and oxygen atoms in total. The third-order valence-electron chi connectivity index (χ3n) is 4.12. The molecule has 0 aliphatic heterocycles. The van der Waals surface area contributed by atoms with E-state index in [0.717, 1.165) is 5.56 Å². The second-order valence-electron chi connectivity index (χ2n) is 6.41. The molecule has 7 heteroatoms. The molecule has 0 saturated heterocycles. The summed E-state index contributed by atoms with van der Waals surface area (Å²) in [6.07, 6.45) is 0. The minimum Gasteiger partial charge on any atom is -0.494 e. The van der Waals surface area contributed by atoms with Crippen LogP contribution in [0.3, 0.4) is 0 Å². The molecule has 0 aliphatic carbocycles. The number of likely N-dealkylation sites (N-methyl/N-ethyl adjacent to an activating group) is 1. The maximum atomic E-state index is 13.6. The fourth-order valence-corrected chi connectivity index (χ4v) is 2.79. The Hall–Kier alpha value is -2.80. The number of guanidine groups is 1. The van der Waals surface area contributed by atoms with Gasteiger partial charge in [0.1, 0.15) is 17.3 Å². The highest BCUT2D eigenvalue weighted by Crippen LogP contribution is 2.29. The predicted octanol–water partition coefficient (Wildman–Crippen LogP) is 3.65. The summed E-state index contributed by atoms with van der Waals surface area (Å²) in [4.78, 5) is 6.43. The Morgan fingerprint density at radius 2 is 1.89 bits per heavy atom. The average molecular weight is 388 g/mol. The molecule has 0 aliphatic rings. The SMILES string of the molecule is CCOc1ccc(OCC)c(NC(N)=NCC(c2cccc(F)c2)N(C)C)c1. The van der Waals surface area contributed by atoms with Crippen molar-refractivity contribution in [3.05, 3.63) is 53.8 Å². The standard InChI is InChI=1S/C21H29FN4O2/c1-5-27-17-10-11-20(28-6-2)18(13-17)25-21(23)24-14-19(26(3)4)15-8-7-9-16(22)12-15/h7-13,19H,5-6,14H2,1-4H3,(H3,23,24,25). The van der Waals surface area contributed by atoms with Crippen molar-refractivity contribution < 1.29 is 13.9 Å². The first-order chi connectivity index (χ1) is 13.4. The number of nitrogens with one attached hydrogen (secondary N) is 1. The van der Waals surface area contributed by atoms with Crippen molar-refractivity contribution in [3.8, 4) is 11.5 Å². The third-order valence-corrected chi connectivity index (χ3v) is 4.12. The van der Waals surface area contributed by atoms with Gasteiger partial charge in [-0.2, -0.15) is 0 Å². The third kappa shape index (κ3) is 6.13. The van der Waals surface area contributed by atoms with Crippen LogP contribution >= 0.6 is 0 Å². The number of ether oxygens (including phenoxy) is 2. The zero-order valence-electron chi connectivity index (χ0n) is 16.9. The molecule has 0 fully saturated rings. The molecule has 0 radical (unpaired) electrons. The van der Waals surface area contributed by atoms with E-state index in [-0.39, 0.29) is 17.8 Å². The van der Waals surface area contributed by atoms with Crippen LogP contribution < -0.4 is 20.5 Å². The van der Waals surface area contributed by atoms with Gasteiger partial charge in [0.15, 0.2) is 5.96 Å². The van der Waals surface area contributed by atoms with Crippen LogP contribution in [0.5, 0.6) is 11.5 Å². The van der Waals surface area contributed by atoms with Gasteiger partial charge in [-0.1, -0.05) is 12.1 Å². The van der Waals surface area contributed by atoms with Gasteiger partial charge in [0.05, 0.1) is 31.5 Å². The number of anilines is 1. The maximum absolute atomic E-state index is 13.6. The molecular weight excluding hydrogens is 359 g/mol. The minimum absolute atomic E-state index is 0.0998. The first kappa shape index (κ1) is 21.5. The second kappa shape index (κ2) is 10.5. The molecule has 3 N–H and O–H groups in total. The summed E-state index contributed by atoms with van der Waals surface area (Å²) in [7, 11) is 3.85. The van der Waals surface area contributed by atoms with Crippen LogP contribution in [-0.4, -0.2) is 44.7 Å². The topological polar surface area (TPSA) is 72.1 Å². The van der Waals surface area contributed by atoms with Gasteiger partial charge in [-0.3, -0.25) is 4.99 Å². The molecule has 0 heterocycles. The highest BCUT2D eigenvalue weighted by Gasteiger charge is 2.15. The van der Waals surface area contributed by atoms with Crippen molar-refractivity contribution in [2.24, 2.45) is 10.7 Å². The van der Waals surface area contributed by atoms with E-state index in [1.807, 2.05) is 57.1 Å². The van der Waals surface area contributed by atoms with Crippen molar-refractivity contribution >= 4 is 11.6 Å². The molecule has 152 valence electrons. The Bertz CT molecular complexity index is 796. The highest BCUT2D eigenvalue weighted by molar-refractivity contribution is 5.94. The lowest BCUT2D eigenvalue weighted by Crippen LogP contribution is -2.27. The smallest absolute Gasteiger partial charge is 0.193 e. The molecule has 1 atom stereocenters. The van der Waals surface area contributed by atoms with E-state index >= 15 is 0 Å². The van der Waals surface area contributed by atoms with Crippen LogP contribution in [0.4, 0.5) is 10.1 Å². The number of benzene rings is 2. The summed E-state index contributed by atoms with van der Waals surface area (Å²) in [5.41, 5.74) is 7.63. The van der Waals surface area contributed by atoms with Crippen LogP contribution in [0.2, 0.25) is 0 Å². The van der Waals surface area contributed by atoms with Gasteiger partial charge < -0.3 is 25.4 Å². The number of hydrogen-bond donors (Lipinski definition) is 2. The number of hydrogen-bond acceptors (Lipinski definition) is 4. The van der Waals surface area contributed by atoms with Crippen LogP contribution in [0.25, 0.3) is 0 Å². The lowest BCUT2D eigenvalue weighted by molar-refractivity contribution is 0.306. The fraction of sp³-hybridized carbons (Fsp3) is 0.381. The summed E-state index contributed by atoms with van der Waals surface area (Å²) < 4.78 is 24.8. The zero-order chi connectivity index (χ0) is 20.5. The average Bonchev–Trinajstić information content (AvgIpc) is 2.64. The van der Waals surface area contributed by atoms with Gasteiger partial charge >= 0.3 is 0 Å². The largest absolute Gasteiger partial charge is 0.494 e. The van der Waals surface area contributed by atoms with Gasteiger partial charge in [0.2, 0.25) is 0 Å². The van der Waals surface area contributed by atoms with Crippen molar-refractivity contribution in [1.82, 2.24) is 4.90 Å². The van der Waals surface area contributed by atoms with E-state index in [4.69, 9.17) is 15.2 Å². The molecule has 2 rings (SSSR count). The molecular formula is C21H29FN4O2. The molecule has 2 aromatic rings. The van der Waals surface area contributed by atoms with Gasteiger partial charge in [0, 0.05) is 6.07 Å². The molecule has 2 aromatic carbocycles. The summed E-state index contributed by atoms with van der Waals surface area (Å²) in [6.45, 7) is 5.31. The van der Waals surface area contributed by atoms with Gasteiger partial charge in [0.25, 0.3) is 0 Å². The normalized spacial score (nSPS) is 12.7. The van der Waals surface area contributed by atoms with E-state index < -0.39 is 0 Å². The number of halogens is 1. The van der Waals surface area contributed by atoms with Crippen LogP contribution in [0.15, 0.2) is 47.5 Å². The quantitative estimate of drug-likeness (QED) is 0.507. The Labute approximate surface area is 166 Å². The molecule has 0 bridgehead atoms. The molecule has 0 spiro atoms. The summed E-state index contributed by atoms with van der Waals surface area (Å²) in [5.74, 6) is 1.36. The van der Waals surface area contributed by atoms with Crippen molar-refractivity contribution in [2.75, 3.05) is 39.2 Å². The Balaban J connectivity index is 2.17. The number of aliphatic imine (C=N–C) groups is 1. The van der Waals surface area contributed by atoms with Crippen LogP contribution in [-0.2, 0) is 0 Å². The lowest BCUT2D eigenvalue weighted by atomic mass is 10.1. The lowest BCUT2D eigenvalue weighted by Gasteiger charge is -2.23. The number of nitrogens with two attached hydrogens (primary N) is 1. The first-order valence-corrected chi connectivity index (χ1v) is 9.33. The second-order valence-corrected chi connectivity index (χ2v) is 6.41. The number of rotatable bonds is 9. The summed E-state index contributed by atoms with van der Waals surface area (Å²) in [6, 6.07) is 11.9. The van der Waals surface area contributed by atoms with Gasteiger partial charge in [-0.15, -0.1) is 0 Å². The Morgan fingerprint density at radius 1 is 1.14 bits per heavy atom. The van der Waals surface area contributed by atoms with Crippen molar-refractivity contribution in [2.45, 2.75) is 19.9 Å². The number of nitrogens with zero attached hydrogens (tertiary/aromatic N) is 2. The fourth-order valence-electron chi connectivity index (χ4n) is 2.79. The summed E-state index contributed by atoms with van der Waals surface area (Å²) in [5, 5.41) is 3.08. The highest BCUT2D eigenvalue weighted by atomic mass is 19.1. The molecule has 0 saturated carbocycles. The summed E-state index contributed by atoms with van der Waals surface area (Å²) >= 11 is 0. The van der Waals surface area contributed by atoms with Crippen molar-refractivity contribution in [1.29, 1.82) is 0 Å².